The maximum atomic E-state index is 13.4. The molecule has 6 nitrogen and oxygen atoms in total. The molecular weight excluding hydrogens is 388 g/mol. The van der Waals surface area contributed by atoms with Gasteiger partial charge in [-0.15, -0.1) is 0 Å². The van der Waals surface area contributed by atoms with Crippen LogP contribution in [0.2, 0.25) is 0 Å². The molecule has 0 aliphatic carbocycles. The molecule has 2 aromatic rings. The topological polar surface area (TPSA) is 48.4 Å². The lowest BCUT2D eigenvalue weighted by molar-refractivity contribution is -0.134. The van der Waals surface area contributed by atoms with Crippen LogP contribution >= 0.6 is 0 Å². The van der Waals surface area contributed by atoms with Crippen LogP contribution in [0.1, 0.15) is 34.7 Å². The monoisotopic (exact) mass is 420 g/mol. The molecule has 1 amide bonds. The number of piperazine rings is 1. The fourth-order valence-electron chi connectivity index (χ4n) is 4.41. The molecule has 2 aliphatic rings. The number of rotatable bonds is 5. The predicted molar refractivity (Wildman–Crippen MR) is 124 cm³/mol. The van der Waals surface area contributed by atoms with Crippen molar-refractivity contribution in [3.05, 3.63) is 64.7 Å². The van der Waals surface area contributed by atoms with Gasteiger partial charge in [0.05, 0.1) is 25.4 Å². The Morgan fingerprint density at radius 1 is 1.06 bits per heavy atom. The fourth-order valence-corrected chi connectivity index (χ4v) is 4.41. The van der Waals surface area contributed by atoms with Crippen molar-refractivity contribution in [3.63, 3.8) is 0 Å². The summed E-state index contributed by atoms with van der Waals surface area (Å²) in [6.07, 6.45) is 0.713. The van der Waals surface area contributed by atoms with E-state index in [0.717, 1.165) is 43.2 Å². The van der Waals surface area contributed by atoms with E-state index >= 15 is 0 Å². The quantitative estimate of drug-likeness (QED) is 0.745. The Bertz CT molecular complexity index is 962. The lowest BCUT2D eigenvalue weighted by atomic mass is 9.94. The second-order valence-corrected chi connectivity index (χ2v) is 8.67. The molecule has 0 aromatic heterocycles. The molecule has 0 bridgehead atoms. The Labute approximate surface area is 185 Å². The summed E-state index contributed by atoms with van der Waals surface area (Å²) < 4.78 is 5.29. The Morgan fingerprint density at radius 2 is 1.77 bits per heavy atom. The standard InChI is InChI=1S/C25H32N4O2/c1-18-5-10-22(19(2)15-18)24-16-23(20-6-8-21(31-4)9-7-20)26-29(24)25(30)17-28-13-11-27(3)12-14-28/h5-10,15,24H,11-14,16-17H2,1-4H3. The van der Waals surface area contributed by atoms with Crippen molar-refractivity contribution >= 4 is 11.6 Å². The number of methoxy groups -OCH3 is 1. The zero-order valence-corrected chi connectivity index (χ0v) is 19.0. The molecule has 0 radical (unpaired) electrons. The SMILES string of the molecule is COc1ccc(C2=NN(C(=O)CN3CCN(C)CC3)C(c3ccc(C)cc3C)C2)cc1. The summed E-state index contributed by atoms with van der Waals surface area (Å²) in [6.45, 7) is 8.45. The van der Waals surface area contributed by atoms with Gasteiger partial charge < -0.3 is 9.64 Å². The summed E-state index contributed by atoms with van der Waals surface area (Å²) in [5.74, 6) is 0.884. The smallest absolute Gasteiger partial charge is 0.257 e. The zero-order chi connectivity index (χ0) is 22.0. The summed E-state index contributed by atoms with van der Waals surface area (Å²) in [7, 11) is 3.79. The Morgan fingerprint density at radius 3 is 2.42 bits per heavy atom. The Balaban J connectivity index is 1.60. The van der Waals surface area contributed by atoms with Gasteiger partial charge in [0.2, 0.25) is 0 Å². The van der Waals surface area contributed by atoms with E-state index in [2.05, 4.69) is 48.9 Å². The van der Waals surface area contributed by atoms with Gasteiger partial charge in [-0.1, -0.05) is 23.8 Å². The number of hydrogen-bond donors (Lipinski definition) is 0. The van der Waals surface area contributed by atoms with Crippen molar-refractivity contribution in [2.75, 3.05) is 46.9 Å². The van der Waals surface area contributed by atoms with E-state index in [1.165, 1.54) is 16.7 Å². The molecule has 0 saturated carbocycles. The van der Waals surface area contributed by atoms with Crippen molar-refractivity contribution in [3.8, 4) is 5.75 Å². The summed E-state index contributed by atoms with van der Waals surface area (Å²) in [5.41, 5.74) is 5.58. The van der Waals surface area contributed by atoms with Crippen molar-refractivity contribution in [1.82, 2.24) is 14.8 Å². The molecule has 1 unspecified atom stereocenters. The van der Waals surface area contributed by atoms with E-state index in [0.29, 0.717) is 13.0 Å². The summed E-state index contributed by atoms with van der Waals surface area (Å²) in [5, 5.41) is 6.57. The number of hydrogen-bond acceptors (Lipinski definition) is 5. The average molecular weight is 421 g/mol. The van der Waals surface area contributed by atoms with Gasteiger partial charge >= 0.3 is 0 Å². The van der Waals surface area contributed by atoms with E-state index < -0.39 is 0 Å². The lowest BCUT2D eigenvalue weighted by Crippen LogP contribution is -2.48. The molecule has 1 saturated heterocycles. The van der Waals surface area contributed by atoms with Crippen LogP contribution in [0.15, 0.2) is 47.6 Å². The van der Waals surface area contributed by atoms with Crippen molar-refractivity contribution < 1.29 is 9.53 Å². The third-order valence-electron chi connectivity index (χ3n) is 6.33. The van der Waals surface area contributed by atoms with Gasteiger partial charge in [0, 0.05) is 32.6 Å². The molecule has 0 N–H and O–H groups in total. The number of ether oxygens (including phenoxy) is 1. The van der Waals surface area contributed by atoms with Gasteiger partial charge in [0.1, 0.15) is 5.75 Å². The maximum Gasteiger partial charge on any atom is 0.257 e. The van der Waals surface area contributed by atoms with Crippen LogP contribution in [0.5, 0.6) is 5.75 Å². The number of carbonyl (C=O) groups excluding carboxylic acids is 1. The second-order valence-electron chi connectivity index (χ2n) is 8.67. The van der Waals surface area contributed by atoms with Crippen LogP contribution in [0.4, 0.5) is 0 Å². The number of amides is 1. The van der Waals surface area contributed by atoms with Crippen LogP contribution in [-0.2, 0) is 4.79 Å². The minimum absolute atomic E-state index is 0.0676. The molecule has 6 heteroatoms. The fraction of sp³-hybridized carbons (Fsp3) is 0.440. The van der Waals surface area contributed by atoms with E-state index in [1.807, 2.05) is 24.3 Å². The summed E-state index contributed by atoms with van der Waals surface area (Å²) in [4.78, 5) is 17.9. The van der Waals surface area contributed by atoms with Crippen molar-refractivity contribution in [2.24, 2.45) is 5.10 Å². The predicted octanol–water partition coefficient (Wildman–Crippen LogP) is 3.24. The molecular formula is C25H32N4O2. The highest BCUT2D eigenvalue weighted by atomic mass is 16.5. The van der Waals surface area contributed by atoms with Gasteiger partial charge in [0.15, 0.2) is 0 Å². The highest BCUT2D eigenvalue weighted by Crippen LogP contribution is 2.35. The molecule has 2 aromatic carbocycles. The third kappa shape index (κ3) is 4.81. The highest BCUT2D eigenvalue weighted by molar-refractivity contribution is 6.03. The first-order valence-electron chi connectivity index (χ1n) is 11.0. The van der Waals surface area contributed by atoms with E-state index in [4.69, 9.17) is 9.84 Å². The highest BCUT2D eigenvalue weighted by Gasteiger charge is 2.34. The van der Waals surface area contributed by atoms with Crippen molar-refractivity contribution in [2.45, 2.75) is 26.3 Å². The van der Waals surface area contributed by atoms with E-state index in [9.17, 15) is 4.79 Å². The van der Waals surface area contributed by atoms with Gasteiger partial charge in [0.25, 0.3) is 5.91 Å². The maximum absolute atomic E-state index is 13.4. The molecule has 31 heavy (non-hydrogen) atoms. The van der Waals surface area contributed by atoms with Gasteiger partial charge in [-0.05, 0) is 61.9 Å². The minimum atomic E-state index is -0.0716. The van der Waals surface area contributed by atoms with Crippen LogP contribution < -0.4 is 4.74 Å². The Kier molecular flexibility index (Phi) is 6.39. The van der Waals surface area contributed by atoms with Crippen LogP contribution in [0.25, 0.3) is 0 Å². The number of nitrogens with zero attached hydrogens (tertiary/aromatic N) is 4. The first-order chi connectivity index (χ1) is 14.9. The number of benzene rings is 2. The molecule has 0 spiro atoms. The number of carbonyl (C=O) groups is 1. The Hall–Kier alpha value is -2.70. The second kappa shape index (κ2) is 9.20. The lowest BCUT2D eigenvalue weighted by Gasteiger charge is -2.33. The van der Waals surface area contributed by atoms with Crippen LogP contribution in [0, 0.1) is 13.8 Å². The number of hydrazone groups is 1. The van der Waals surface area contributed by atoms with Crippen LogP contribution in [-0.4, -0.2) is 73.3 Å². The molecule has 1 fully saturated rings. The van der Waals surface area contributed by atoms with Crippen molar-refractivity contribution in [1.29, 1.82) is 0 Å². The third-order valence-corrected chi connectivity index (χ3v) is 6.33. The van der Waals surface area contributed by atoms with E-state index in [1.54, 1.807) is 12.1 Å². The van der Waals surface area contributed by atoms with Gasteiger partial charge in [-0.3, -0.25) is 9.69 Å². The first-order valence-corrected chi connectivity index (χ1v) is 11.0. The molecule has 4 rings (SSSR count). The van der Waals surface area contributed by atoms with E-state index in [-0.39, 0.29) is 11.9 Å². The first kappa shape index (κ1) is 21.5. The van der Waals surface area contributed by atoms with Gasteiger partial charge in [-0.25, -0.2) is 5.01 Å². The molecule has 2 heterocycles. The zero-order valence-electron chi connectivity index (χ0n) is 19.0. The number of aryl methyl sites for hydroxylation is 2. The molecule has 1 atom stereocenters. The van der Waals surface area contributed by atoms with Crippen LogP contribution in [0.3, 0.4) is 0 Å². The molecule has 2 aliphatic heterocycles. The average Bonchev–Trinajstić information content (AvgIpc) is 3.21. The number of likely N-dealkylation sites (N-methyl/N-ethyl adjacent to an activating group) is 1. The van der Waals surface area contributed by atoms with Gasteiger partial charge in [-0.2, -0.15) is 5.10 Å². The minimum Gasteiger partial charge on any atom is -0.497 e. The summed E-state index contributed by atoms with van der Waals surface area (Å²) in [6, 6.07) is 14.3. The molecule has 164 valence electrons. The largest absolute Gasteiger partial charge is 0.497 e. The normalized spacial score (nSPS) is 20.1. The summed E-state index contributed by atoms with van der Waals surface area (Å²) >= 11 is 0.